The molecule has 1 aliphatic rings. The number of esters is 1. The van der Waals surface area contributed by atoms with Gasteiger partial charge in [-0.2, -0.15) is 0 Å². The van der Waals surface area contributed by atoms with Crippen molar-refractivity contribution in [3.05, 3.63) is 63.7 Å². The highest BCUT2D eigenvalue weighted by Gasteiger charge is 2.29. The molecule has 0 aromatic heterocycles. The molecular weight excluding hydrogens is 340 g/mol. The maximum absolute atomic E-state index is 12.2. The minimum Gasteiger partial charge on any atom is -0.482 e. The summed E-state index contributed by atoms with van der Waals surface area (Å²) in [4.78, 5) is 35.8. The zero-order valence-corrected chi connectivity index (χ0v) is 14.0. The van der Waals surface area contributed by atoms with E-state index < -0.39 is 16.8 Å². The van der Waals surface area contributed by atoms with Gasteiger partial charge in [-0.3, -0.25) is 24.6 Å². The Bertz CT molecular complexity index is 880. The van der Waals surface area contributed by atoms with Crippen molar-refractivity contribution in [2.75, 3.05) is 18.1 Å². The van der Waals surface area contributed by atoms with Gasteiger partial charge in [-0.1, -0.05) is 29.8 Å². The fourth-order valence-electron chi connectivity index (χ4n) is 2.62. The second kappa shape index (κ2) is 7.22. The highest BCUT2D eigenvalue weighted by Crippen LogP contribution is 2.35. The number of carbonyl (C=O) groups is 2. The van der Waals surface area contributed by atoms with Gasteiger partial charge in [-0.25, -0.2) is 0 Å². The summed E-state index contributed by atoms with van der Waals surface area (Å²) < 4.78 is 10.5. The lowest BCUT2D eigenvalue weighted by atomic mass is 10.1. The number of hydrogen-bond donors (Lipinski definition) is 0. The number of anilines is 1. The van der Waals surface area contributed by atoms with Crippen molar-refractivity contribution >= 4 is 23.3 Å². The van der Waals surface area contributed by atoms with Gasteiger partial charge in [-0.05, 0) is 18.6 Å². The van der Waals surface area contributed by atoms with Crippen LogP contribution in [-0.2, 0) is 20.9 Å². The summed E-state index contributed by atoms with van der Waals surface area (Å²) in [6.45, 7) is 1.43. The molecular formula is C18H16N2O6. The molecule has 3 rings (SSSR count). The molecule has 0 saturated carbocycles. The number of nitrogens with zero attached hydrogens (tertiary/aromatic N) is 2. The van der Waals surface area contributed by atoms with Crippen LogP contribution >= 0.6 is 0 Å². The summed E-state index contributed by atoms with van der Waals surface area (Å²) >= 11 is 0. The molecule has 1 aliphatic heterocycles. The summed E-state index contributed by atoms with van der Waals surface area (Å²) in [5.41, 5.74) is 1.87. The van der Waals surface area contributed by atoms with Gasteiger partial charge >= 0.3 is 5.97 Å². The maximum atomic E-state index is 12.2. The van der Waals surface area contributed by atoms with Gasteiger partial charge < -0.3 is 9.47 Å². The molecule has 0 bridgehead atoms. The number of amides is 1. The summed E-state index contributed by atoms with van der Waals surface area (Å²) in [5.74, 6) is -0.772. The smallest absolute Gasteiger partial charge is 0.326 e. The molecule has 8 heteroatoms. The van der Waals surface area contributed by atoms with Crippen molar-refractivity contribution in [3.63, 3.8) is 0 Å². The Labute approximate surface area is 149 Å². The van der Waals surface area contributed by atoms with Crippen LogP contribution in [0.25, 0.3) is 0 Å². The number of nitro benzene ring substituents is 1. The van der Waals surface area contributed by atoms with Crippen LogP contribution < -0.4 is 9.64 Å². The molecule has 1 amide bonds. The van der Waals surface area contributed by atoms with E-state index in [2.05, 4.69) is 0 Å². The average molecular weight is 356 g/mol. The predicted octanol–water partition coefficient (Wildman–Crippen LogP) is 2.37. The number of fused-ring (bicyclic) bond motifs is 1. The van der Waals surface area contributed by atoms with Crippen LogP contribution in [0.1, 0.15) is 11.1 Å². The van der Waals surface area contributed by atoms with Gasteiger partial charge in [0.05, 0.1) is 10.6 Å². The highest BCUT2D eigenvalue weighted by molar-refractivity contribution is 6.01. The van der Waals surface area contributed by atoms with Crippen LogP contribution in [0.4, 0.5) is 11.4 Å². The Kier molecular flexibility index (Phi) is 4.83. The number of benzene rings is 2. The Morgan fingerprint density at radius 2 is 2.12 bits per heavy atom. The summed E-state index contributed by atoms with van der Waals surface area (Å²) in [6.07, 6.45) is 0. The van der Waals surface area contributed by atoms with Crippen LogP contribution in [0.2, 0.25) is 0 Å². The molecule has 2 aromatic rings. The third-order valence-corrected chi connectivity index (χ3v) is 3.87. The molecule has 0 unspecified atom stereocenters. The second-order valence-electron chi connectivity index (χ2n) is 5.83. The molecule has 0 atom stereocenters. The van der Waals surface area contributed by atoms with Crippen molar-refractivity contribution < 1.29 is 24.0 Å². The van der Waals surface area contributed by atoms with Gasteiger partial charge in [0.25, 0.3) is 11.6 Å². The van der Waals surface area contributed by atoms with Gasteiger partial charge in [0, 0.05) is 12.1 Å². The minimum atomic E-state index is -0.612. The Hall–Kier alpha value is -3.42. The highest BCUT2D eigenvalue weighted by atomic mass is 16.6. The van der Waals surface area contributed by atoms with Crippen LogP contribution in [0, 0.1) is 17.0 Å². The first-order chi connectivity index (χ1) is 12.4. The zero-order chi connectivity index (χ0) is 18.7. The normalized spacial score (nSPS) is 13.0. The first-order valence-electron chi connectivity index (χ1n) is 7.87. The number of non-ortho nitro benzene ring substituents is 1. The number of rotatable bonds is 5. The third kappa shape index (κ3) is 3.80. The largest absolute Gasteiger partial charge is 0.482 e. The lowest BCUT2D eigenvalue weighted by Crippen LogP contribution is -2.42. The van der Waals surface area contributed by atoms with Gasteiger partial charge in [-0.15, -0.1) is 0 Å². The molecule has 1 heterocycles. The number of nitro groups is 1. The molecule has 134 valence electrons. The molecule has 0 N–H and O–H groups in total. The second-order valence-corrected chi connectivity index (χ2v) is 5.83. The van der Waals surface area contributed by atoms with Crippen molar-refractivity contribution in [1.82, 2.24) is 0 Å². The van der Waals surface area contributed by atoms with Crippen LogP contribution in [0.5, 0.6) is 5.75 Å². The topological polar surface area (TPSA) is 99.0 Å². The van der Waals surface area contributed by atoms with Crippen molar-refractivity contribution in [3.8, 4) is 5.75 Å². The molecule has 0 saturated heterocycles. The van der Waals surface area contributed by atoms with Crippen molar-refractivity contribution in [2.45, 2.75) is 13.5 Å². The van der Waals surface area contributed by atoms with E-state index >= 15 is 0 Å². The lowest BCUT2D eigenvalue weighted by molar-refractivity contribution is -0.384. The van der Waals surface area contributed by atoms with Crippen molar-refractivity contribution in [2.24, 2.45) is 0 Å². The van der Waals surface area contributed by atoms with Crippen LogP contribution in [0.3, 0.4) is 0 Å². The molecule has 0 radical (unpaired) electrons. The van der Waals surface area contributed by atoms with Crippen molar-refractivity contribution in [1.29, 1.82) is 0 Å². The van der Waals surface area contributed by atoms with Gasteiger partial charge in [0.1, 0.15) is 18.9 Å². The number of carbonyl (C=O) groups excluding carboxylic acids is 2. The van der Waals surface area contributed by atoms with E-state index in [4.69, 9.17) is 9.47 Å². The Morgan fingerprint density at radius 1 is 1.31 bits per heavy atom. The van der Waals surface area contributed by atoms with Crippen LogP contribution in [0.15, 0.2) is 42.5 Å². The molecule has 0 fully saturated rings. The van der Waals surface area contributed by atoms with E-state index in [1.807, 2.05) is 31.2 Å². The Morgan fingerprint density at radius 3 is 2.85 bits per heavy atom. The SMILES string of the molecule is Cc1cccc(COC(=O)CN2C(=O)COc3ccc([N+](=O)[O-])cc32)c1. The molecule has 2 aromatic carbocycles. The first-order valence-corrected chi connectivity index (χ1v) is 7.87. The predicted molar refractivity (Wildman–Crippen MR) is 91.9 cm³/mol. The standard InChI is InChI=1S/C18H16N2O6/c1-12-3-2-4-13(7-12)10-26-18(22)9-19-15-8-14(20(23)24)5-6-16(15)25-11-17(19)21/h2-8H,9-11H2,1H3. The number of hydrogen-bond acceptors (Lipinski definition) is 6. The fraction of sp³-hybridized carbons (Fsp3) is 0.222. The fourth-order valence-corrected chi connectivity index (χ4v) is 2.62. The molecule has 0 spiro atoms. The summed E-state index contributed by atoms with van der Waals surface area (Å²) in [7, 11) is 0. The molecule has 26 heavy (non-hydrogen) atoms. The average Bonchev–Trinajstić information content (AvgIpc) is 2.62. The van der Waals surface area contributed by atoms with E-state index in [-0.39, 0.29) is 31.1 Å². The molecule has 8 nitrogen and oxygen atoms in total. The number of ether oxygens (including phenoxy) is 2. The molecule has 0 aliphatic carbocycles. The minimum absolute atomic E-state index is 0.0842. The summed E-state index contributed by atoms with van der Waals surface area (Å²) in [5, 5.41) is 11.0. The number of aryl methyl sites for hydroxylation is 1. The van der Waals surface area contributed by atoms with E-state index in [9.17, 15) is 19.7 Å². The third-order valence-electron chi connectivity index (χ3n) is 3.87. The van der Waals surface area contributed by atoms with E-state index in [1.54, 1.807) is 0 Å². The summed E-state index contributed by atoms with van der Waals surface area (Å²) in [6, 6.07) is 11.4. The van der Waals surface area contributed by atoms with E-state index in [0.29, 0.717) is 5.75 Å². The first kappa shape index (κ1) is 17.4. The monoisotopic (exact) mass is 356 g/mol. The quantitative estimate of drug-likeness (QED) is 0.463. The maximum Gasteiger partial charge on any atom is 0.326 e. The van der Waals surface area contributed by atoms with E-state index in [0.717, 1.165) is 16.0 Å². The van der Waals surface area contributed by atoms with E-state index in [1.165, 1.54) is 18.2 Å². The van der Waals surface area contributed by atoms with Gasteiger partial charge in [0.15, 0.2) is 6.61 Å². The zero-order valence-electron chi connectivity index (χ0n) is 14.0. The lowest BCUT2D eigenvalue weighted by Gasteiger charge is -2.28. The Balaban J connectivity index is 1.72. The van der Waals surface area contributed by atoms with Gasteiger partial charge in [0.2, 0.25) is 0 Å². The van der Waals surface area contributed by atoms with Crippen LogP contribution in [-0.4, -0.2) is 30.0 Å².